The molecule has 4 nitrogen and oxygen atoms in total. The van der Waals surface area contributed by atoms with Gasteiger partial charge >= 0.3 is 0 Å². The molecule has 5 heteroatoms. The Labute approximate surface area is 166 Å². The van der Waals surface area contributed by atoms with E-state index in [0.717, 1.165) is 10.6 Å². The number of amides is 2. The van der Waals surface area contributed by atoms with E-state index in [-0.39, 0.29) is 11.8 Å². The monoisotopic (exact) mass is 386 g/mol. The van der Waals surface area contributed by atoms with Crippen LogP contribution in [0.5, 0.6) is 0 Å². The molecule has 2 aromatic rings. The Morgan fingerprint density at radius 1 is 1.04 bits per heavy atom. The highest BCUT2D eigenvalue weighted by Crippen LogP contribution is 2.35. The summed E-state index contributed by atoms with van der Waals surface area (Å²) >= 11 is 1.58. The predicted octanol–water partition coefficient (Wildman–Crippen LogP) is 4.71. The second-order valence-electron chi connectivity index (χ2n) is 7.37. The van der Waals surface area contributed by atoms with Gasteiger partial charge in [0.2, 0.25) is 11.8 Å². The van der Waals surface area contributed by atoms with Crippen LogP contribution in [0.15, 0.2) is 35.7 Å². The fourth-order valence-corrected chi connectivity index (χ4v) is 3.89. The summed E-state index contributed by atoms with van der Waals surface area (Å²) in [6.45, 7) is 11.1. The third-order valence-electron chi connectivity index (χ3n) is 4.56. The van der Waals surface area contributed by atoms with Gasteiger partial charge in [0, 0.05) is 24.9 Å². The summed E-state index contributed by atoms with van der Waals surface area (Å²) in [5.74, 6) is 0.614. The van der Waals surface area contributed by atoms with Crippen LogP contribution in [0.3, 0.4) is 0 Å². The highest BCUT2D eigenvalue weighted by Gasteiger charge is 2.22. The molecule has 0 spiro atoms. The summed E-state index contributed by atoms with van der Waals surface area (Å²) in [4.78, 5) is 27.4. The first-order valence-corrected chi connectivity index (χ1v) is 10.4. The van der Waals surface area contributed by atoms with Crippen LogP contribution in [0.4, 0.5) is 5.69 Å². The highest BCUT2D eigenvalue weighted by molar-refractivity contribution is 7.10. The number of hydrogen-bond acceptors (Lipinski definition) is 3. The van der Waals surface area contributed by atoms with Gasteiger partial charge < -0.3 is 10.2 Å². The van der Waals surface area contributed by atoms with Crippen molar-refractivity contribution in [1.29, 1.82) is 0 Å². The van der Waals surface area contributed by atoms with Gasteiger partial charge in [-0.15, -0.1) is 11.3 Å². The lowest BCUT2D eigenvalue weighted by Crippen LogP contribution is -2.39. The smallest absolute Gasteiger partial charge is 0.225 e. The van der Waals surface area contributed by atoms with Crippen LogP contribution in [-0.4, -0.2) is 24.9 Å². The van der Waals surface area contributed by atoms with Crippen molar-refractivity contribution in [2.75, 3.05) is 18.0 Å². The van der Waals surface area contributed by atoms with Crippen molar-refractivity contribution in [2.45, 2.75) is 52.9 Å². The van der Waals surface area contributed by atoms with E-state index >= 15 is 0 Å². The van der Waals surface area contributed by atoms with Gasteiger partial charge in [-0.1, -0.05) is 52.0 Å². The fourth-order valence-electron chi connectivity index (χ4n) is 3.19. The first-order valence-electron chi connectivity index (χ1n) is 9.51. The fraction of sp³-hybridized carbons (Fsp3) is 0.455. The quantitative estimate of drug-likeness (QED) is 0.714. The number of hydrogen-bond donors (Lipinski definition) is 1. The molecular formula is C22H30N2O2S. The molecule has 2 rings (SSSR count). The third-order valence-corrected chi connectivity index (χ3v) is 5.44. The number of carbonyl (C=O) groups is 2. The molecule has 0 aliphatic heterocycles. The Morgan fingerprint density at radius 2 is 1.67 bits per heavy atom. The van der Waals surface area contributed by atoms with Crippen molar-refractivity contribution in [2.24, 2.45) is 0 Å². The minimum atomic E-state index is -0.0119. The average Bonchev–Trinajstić information content (AvgIpc) is 3.10. The van der Waals surface area contributed by atoms with E-state index in [9.17, 15) is 9.59 Å². The molecule has 1 heterocycles. The number of nitrogens with zero attached hydrogens (tertiary/aromatic N) is 1. The summed E-state index contributed by atoms with van der Waals surface area (Å²) in [7, 11) is 0. The Morgan fingerprint density at radius 3 is 2.15 bits per heavy atom. The lowest BCUT2D eigenvalue weighted by molar-refractivity contribution is -0.120. The molecule has 0 fully saturated rings. The zero-order valence-corrected chi connectivity index (χ0v) is 17.7. The van der Waals surface area contributed by atoms with Crippen LogP contribution in [0.25, 0.3) is 0 Å². The summed E-state index contributed by atoms with van der Waals surface area (Å²) < 4.78 is 0. The standard InChI is InChI=1S/C22H30N2O2S/c1-15(2)19-9-6-10-20(16(3)4)22(19)24(17(5)25)12-11-23-21(26)14-18-8-7-13-27-18/h6-10,13,15-16H,11-12,14H2,1-5H3,(H,23,26). The molecule has 1 aromatic heterocycles. The predicted molar refractivity (Wildman–Crippen MR) is 114 cm³/mol. The number of nitrogens with one attached hydrogen (secondary N) is 1. The van der Waals surface area contributed by atoms with Crippen molar-refractivity contribution in [3.8, 4) is 0 Å². The SMILES string of the molecule is CC(=O)N(CCNC(=O)Cc1cccs1)c1c(C(C)C)cccc1C(C)C. The minimum absolute atomic E-state index is 0.00231. The number of benzene rings is 1. The van der Waals surface area contributed by atoms with Crippen molar-refractivity contribution < 1.29 is 9.59 Å². The Bertz CT molecular complexity index is 740. The van der Waals surface area contributed by atoms with Crippen LogP contribution >= 0.6 is 11.3 Å². The van der Waals surface area contributed by atoms with E-state index in [1.165, 1.54) is 11.1 Å². The van der Waals surface area contributed by atoms with E-state index < -0.39 is 0 Å². The molecule has 0 radical (unpaired) electrons. The van der Waals surface area contributed by atoms with Crippen molar-refractivity contribution >= 4 is 28.8 Å². The van der Waals surface area contributed by atoms with Gasteiger partial charge in [-0.25, -0.2) is 0 Å². The summed E-state index contributed by atoms with van der Waals surface area (Å²) in [6, 6.07) is 10.2. The van der Waals surface area contributed by atoms with Crippen LogP contribution in [0, 0.1) is 0 Å². The van der Waals surface area contributed by atoms with E-state index in [2.05, 4.69) is 51.2 Å². The van der Waals surface area contributed by atoms with Gasteiger partial charge in [-0.3, -0.25) is 9.59 Å². The normalized spacial score (nSPS) is 11.1. The largest absolute Gasteiger partial charge is 0.354 e. The number of carbonyl (C=O) groups excluding carboxylic acids is 2. The average molecular weight is 387 g/mol. The number of anilines is 1. The molecule has 0 bridgehead atoms. The molecule has 0 saturated heterocycles. The van der Waals surface area contributed by atoms with Gasteiger partial charge in [0.25, 0.3) is 0 Å². The summed E-state index contributed by atoms with van der Waals surface area (Å²) in [5.41, 5.74) is 3.34. The molecule has 0 aliphatic rings. The molecular weight excluding hydrogens is 356 g/mol. The van der Waals surface area contributed by atoms with Gasteiger partial charge in [0.05, 0.1) is 12.1 Å². The Balaban J connectivity index is 2.15. The first kappa shape index (κ1) is 21.2. The lowest BCUT2D eigenvalue weighted by Gasteiger charge is -2.29. The minimum Gasteiger partial charge on any atom is -0.354 e. The number of para-hydroxylation sites is 1. The third kappa shape index (κ3) is 5.67. The topological polar surface area (TPSA) is 49.4 Å². The second-order valence-corrected chi connectivity index (χ2v) is 8.40. The maximum Gasteiger partial charge on any atom is 0.225 e. The lowest BCUT2D eigenvalue weighted by atomic mass is 9.92. The molecule has 1 aromatic carbocycles. The van der Waals surface area contributed by atoms with E-state index in [1.54, 1.807) is 18.3 Å². The van der Waals surface area contributed by atoms with Crippen LogP contribution in [0.2, 0.25) is 0 Å². The molecule has 0 unspecified atom stereocenters. The van der Waals surface area contributed by atoms with Gasteiger partial charge in [-0.2, -0.15) is 0 Å². The summed E-state index contributed by atoms with van der Waals surface area (Å²) in [6.07, 6.45) is 0.386. The molecule has 1 N–H and O–H groups in total. The number of thiophene rings is 1. The van der Waals surface area contributed by atoms with Crippen molar-refractivity contribution in [1.82, 2.24) is 5.32 Å². The maximum atomic E-state index is 12.4. The van der Waals surface area contributed by atoms with E-state index in [4.69, 9.17) is 0 Å². The molecule has 0 aliphatic carbocycles. The zero-order chi connectivity index (χ0) is 20.0. The Hall–Kier alpha value is -2.14. The first-order chi connectivity index (χ1) is 12.8. The van der Waals surface area contributed by atoms with Crippen LogP contribution < -0.4 is 10.2 Å². The molecule has 0 saturated carbocycles. The molecule has 146 valence electrons. The van der Waals surface area contributed by atoms with E-state index in [1.807, 2.05) is 22.4 Å². The van der Waals surface area contributed by atoms with Gasteiger partial charge in [0.1, 0.15) is 0 Å². The molecule has 0 atom stereocenters. The maximum absolute atomic E-state index is 12.4. The second kappa shape index (κ2) is 9.70. The zero-order valence-electron chi connectivity index (χ0n) is 16.9. The Kier molecular flexibility index (Phi) is 7.60. The molecule has 27 heavy (non-hydrogen) atoms. The number of rotatable bonds is 8. The van der Waals surface area contributed by atoms with Gasteiger partial charge in [0.15, 0.2) is 0 Å². The van der Waals surface area contributed by atoms with Crippen molar-refractivity contribution in [3.05, 3.63) is 51.7 Å². The molecule has 2 amide bonds. The van der Waals surface area contributed by atoms with Crippen LogP contribution in [-0.2, 0) is 16.0 Å². The van der Waals surface area contributed by atoms with E-state index in [0.29, 0.717) is 31.3 Å². The van der Waals surface area contributed by atoms with Crippen LogP contribution in [0.1, 0.15) is 62.5 Å². The van der Waals surface area contributed by atoms with Crippen molar-refractivity contribution in [3.63, 3.8) is 0 Å². The highest BCUT2D eigenvalue weighted by atomic mass is 32.1. The van der Waals surface area contributed by atoms with Gasteiger partial charge in [-0.05, 0) is 34.4 Å². The summed E-state index contributed by atoms with van der Waals surface area (Å²) in [5, 5.41) is 4.92.